The molecule has 0 radical (unpaired) electrons. The van der Waals surface area contributed by atoms with Crippen LogP contribution in [-0.2, 0) is 0 Å². The van der Waals surface area contributed by atoms with Crippen LogP contribution in [0.2, 0.25) is 0 Å². The van der Waals surface area contributed by atoms with Crippen LogP contribution in [0.4, 0.5) is 0 Å². The van der Waals surface area contributed by atoms with Crippen molar-refractivity contribution in [1.82, 2.24) is 5.32 Å². The molecule has 16 heavy (non-hydrogen) atoms. The van der Waals surface area contributed by atoms with E-state index in [1.807, 2.05) is 0 Å². The van der Waals surface area contributed by atoms with Gasteiger partial charge in [-0.05, 0) is 19.4 Å². The highest BCUT2D eigenvalue weighted by Crippen LogP contribution is 2.10. The quantitative estimate of drug-likeness (QED) is 0.502. The maximum absolute atomic E-state index is 8.92. The van der Waals surface area contributed by atoms with Crippen LogP contribution in [0.15, 0.2) is 0 Å². The summed E-state index contributed by atoms with van der Waals surface area (Å²) in [7, 11) is 0. The number of nitrogens with one attached hydrogen (secondary N) is 1. The molecule has 0 spiro atoms. The SMILES string of the molecule is CCCCCCCCCC(CCO)NCC. The topological polar surface area (TPSA) is 32.3 Å². The molecule has 0 saturated carbocycles. The first-order valence-corrected chi connectivity index (χ1v) is 7.19. The molecule has 0 aliphatic carbocycles. The van der Waals surface area contributed by atoms with E-state index in [9.17, 15) is 0 Å². The third-order valence-electron chi connectivity index (χ3n) is 3.13. The summed E-state index contributed by atoms with van der Waals surface area (Å²) in [5.41, 5.74) is 0. The third kappa shape index (κ3) is 10.4. The Morgan fingerprint density at radius 1 is 0.875 bits per heavy atom. The van der Waals surface area contributed by atoms with Gasteiger partial charge in [-0.2, -0.15) is 0 Å². The Bertz CT molecular complexity index is 122. The molecule has 2 N–H and O–H groups in total. The predicted octanol–water partition coefficient (Wildman–Crippen LogP) is 3.49. The molecule has 0 rings (SSSR count). The van der Waals surface area contributed by atoms with Crippen LogP contribution in [0.1, 0.15) is 71.6 Å². The average Bonchev–Trinajstić information content (AvgIpc) is 2.28. The molecule has 0 aliphatic heterocycles. The zero-order chi connectivity index (χ0) is 12.1. The lowest BCUT2D eigenvalue weighted by atomic mass is 10.0. The number of rotatable bonds is 12. The zero-order valence-electron chi connectivity index (χ0n) is 11.3. The van der Waals surface area contributed by atoms with Crippen LogP contribution in [0, 0.1) is 0 Å². The maximum Gasteiger partial charge on any atom is 0.0445 e. The minimum absolute atomic E-state index is 0.314. The number of aliphatic hydroxyl groups is 1. The van der Waals surface area contributed by atoms with Crippen molar-refractivity contribution in [3.8, 4) is 0 Å². The van der Waals surface area contributed by atoms with E-state index < -0.39 is 0 Å². The highest BCUT2D eigenvalue weighted by Gasteiger charge is 2.05. The second-order valence-electron chi connectivity index (χ2n) is 4.68. The molecule has 1 unspecified atom stereocenters. The number of unbranched alkanes of at least 4 members (excludes halogenated alkanes) is 6. The van der Waals surface area contributed by atoms with Crippen LogP contribution < -0.4 is 5.32 Å². The summed E-state index contributed by atoms with van der Waals surface area (Å²) in [5.74, 6) is 0. The van der Waals surface area contributed by atoms with Crippen LogP contribution in [-0.4, -0.2) is 24.3 Å². The summed E-state index contributed by atoms with van der Waals surface area (Å²) in [4.78, 5) is 0. The molecule has 0 aromatic heterocycles. The summed E-state index contributed by atoms with van der Waals surface area (Å²) < 4.78 is 0. The first-order valence-electron chi connectivity index (χ1n) is 7.19. The van der Waals surface area contributed by atoms with Gasteiger partial charge >= 0.3 is 0 Å². The molecule has 0 amide bonds. The zero-order valence-corrected chi connectivity index (χ0v) is 11.3. The Hall–Kier alpha value is -0.0800. The van der Waals surface area contributed by atoms with Crippen molar-refractivity contribution < 1.29 is 5.11 Å². The molecular formula is C14H31NO. The molecule has 0 heterocycles. The van der Waals surface area contributed by atoms with E-state index >= 15 is 0 Å². The van der Waals surface area contributed by atoms with Crippen molar-refractivity contribution in [2.45, 2.75) is 77.7 Å². The van der Waals surface area contributed by atoms with Crippen molar-refractivity contribution >= 4 is 0 Å². The van der Waals surface area contributed by atoms with Gasteiger partial charge in [0.05, 0.1) is 0 Å². The molecule has 2 heteroatoms. The van der Waals surface area contributed by atoms with Crippen molar-refractivity contribution in [3.63, 3.8) is 0 Å². The smallest absolute Gasteiger partial charge is 0.0445 e. The highest BCUT2D eigenvalue weighted by atomic mass is 16.3. The van der Waals surface area contributed by atoms with Crippen molar-refractivity contribution in [1.29, 1.82) is 0 Å². The van der Waals surface area contributed by atoms with Crippen molar-refractivity contribution in [2.75, 3.05) is 13.2 Å². The van der Waals surface area contributed by atoms with E-state index in [0.29, 0.717) is 12.6 Å². The lowest BCUT2D eigenvalue weighted by Crippen LogP contribution is -2.29. The minimum Gasteiger partial charge on any atom is -0.396 e. The largest absolute Gasteiger partial charge is 0.396 e. The lowest BCUT2D eigenvalue weighted by molar-refractivity contribution is 0.260. The van der Waals surface area contributed by atoms with Crippen molar-refractivity contribution in [3.05, 3.63) is 0 Å². The van der Waals surface area contributed by atoms with Crippen LogP contribution in [0.5, 0.6) is 0 Å². The molecule has 0 aliphatic rings. The van der Waals surface area contributed by atoms with Gasteiger partial charge in [0.25, 0.3) is 0 Å². The molecule has 98 valence electrons. The molecule has 0 saturated heterocycles. The van der Waals surface area contributed by atoms with Gasteiger partial charge in [0, 0.05) is 12.6 Å². The minimum atomic E-state index is 0.314. The van der Waals surface area contributed by atoms with E-state index in [2.05, 4.69) is 19.2 Å². The first kappa shape index (κ1) is 15.9. The van der Waals surface area contributed by atoms with Gasteiger partial charge in [0.1, 0.15) is 0 Å². The molecule has 0 aromatic rings. The van der Waals surface area contributed by atoms with Crippen LogP contribution >= 0.6 is 0 Å². The van der Waals surface area contributed by atoms with E-state index in [-0.39, 0.29) is 0 Å². The fourth-order valence-corrected chi connectivity index (χ4v) is 2.14. The summed E-state index contributed by atoms with van der Waals surface area (Å²) in [6, 6.07) is 0.533. The molecule has 0 bridgehead atoms. The molecule has 0 fully saturated rings. The van der Waals surface area contributed by atoms with Gasteiger partial charge in [0.15, 0.2) is 0 Å². The molecular weight excluding hydrogens is 198 g/mol. The first-order chi connectivity index (χ1) is 7.85. The molecule has 1 atom stereocenters. The third-order valence-corrected chi connectivity index (χ3v) is 3.13. The molecule has 2 nitrogen and oxygen atoms in total. The summed E-state index contributed by atoms with van der Waals surface area (Å²) in [6.45, 7) is 5.72. The highest BCUT2D eigenvalue weighted by molar-refractivity contribution is 4.65. The molecule has 0 aromatic carbocycles. The fraction of sp³-hybridized carbons (Fsp3) is 1.00. The van der Waals surface area contributed by atoms with E-state index in [1.165, 1.54) is 51.4 Å². The van der Waals surface area contributed by atoms with E-state index in [4.69, 9.17) is 5.11 Å². The van der Waals surface area contributed by atoms with E-state index in [0.717, 1.165) is 13.0 Å². The van der Waals surface area contributed by atoms with Crippen molar-refractivity contribution in [2.24, 2.45) is 0 Å². The Labute approximate surface area is 102 Å². The van der Waals surface area contributed by atoms with E-state index in [1.54, 1.807) is 0 Å². The van der Waals surface area contributed by atoms with Gasteiger partial charge in [-0.15, -0.1) is 0 Å². The average molecular weight is 229 g/mol. The number of hydrogen-bond acceptors (Lipinski definition) is 2. The Kier molecular flexibility index (Phi) is 12.9. The number of aliphatic hydroxyl groups excluding tert-OH is 1. The van der Waals surface area contributed by atoms with Gasteiger partial charge < -0.3 is 10.4 Å². The van der Waals surface area contributed by atoms with Gasteiger partial charge in [-0.3, -0.25) is 0 Å². The standard InChI is InChI=1S/C14H31NO/c1-3-5-6-7-8-9-10-11-14(12-13-16)15-4-2/h14-16H,3-13H2,1-2H3. The van der Waals surface area contributed by atoms with Gasteiger partial charge in [-0.25, -0.2) is 0 Å². The lowest BCUT2D eigenvalue weighted by Gasteiger charge is -2.16. The second kappa shape index (κ2) is 13.0. The summed E-state index contributed by atoms with van der Waals surface area (Å²) in [5, 5.41) is 12.4. The van der Waals surface area contributed by atoms with Gasteiger partial charge in [-0.1, -0.05) is 58.8 Å². The Morgan fingerprint density at radius 3 is 2.06 bits per heavy atom. The second-order valence-corrected chi connectivity index (χ2v) is 4.68. The Balaban J connectivity index is 3.25. The predicted molar refractivity (Wildman–Crippen MR) is 71.8 cm³/mol. The van der Waals surface area contributed by atoms with Crippen LogP contribution in [0.25, 0.3) is 0 Å². The van der Waals surface area contributed by atoms with Crippen LogP contribution in [0.3, 0.4) is 0 Å². The summed E-state index contributed by atoms with van der Waals surface area (Å²) >= 11 is 0. The van der Waals surface area contributed by atoms with Gasteiger partial charge in [0.2, 0.25) is 0 Å². The monoisotopic (exact) mass is 229 g/mol. The Morgan fingerprint density at radius 2 is 1.50 bits per heavy atom. The number of hydrogen-bond donors (Lipinski definition) is 2. The fourth-order valence-electron chi connectivity index (χ4n) is 2.14. The maximum atomic E-state index is 8.92. The normalized spacial score (nSPS) is 12.9. The summed E-state index contributed by atoms with van der Waals surface area (Å²) in [6.07, 6.45) is 11.7.